The van der Waals surface area contributed by atoms with Crippen molar-refractivity contribution in [2.45, 2.75) is 6.54 Å². The van der Waals surface area contributed by atoms with E-state index in [1.54, 1.807) is 18.3 Å². The van der Waals surface area contributed by atoms with E-state index in [1.165, 1.54) is 12.1 Å². The Morgan fingerprint density at radius 2 is 2.35 bits per heavy atom. The monoisotopic (exact) mass is 295 g/mol. The van der Waals surface area contributed by atoms with Gasteiger partial charge in [0.05, 0.1) is 5.69 Å². The number of imidazole rings is 1. The number of benzene rings is 1. The minimum Gasteiger partial charge on any atom is -0.325 e. The largest absolute Gasteiger partial charge is 0.325 e. The fourth-order valence-corrected chi connectivity index (χ4v) is 1.88. The van der Waals surface area contributed by atoms with Crippen LogP contribution < -0.4 is 5.32 Å². The van der Waals surface area contributed by atoms with Crippen molar-refractivity contribution >= 4 is 27.6 Å². The molecule has 17 heavy (non-hydrogen) atoms. The molecule has 1 aromatic heterocycles. The van der Waals surface area contributed by atoms with E-state index >= 15 is 0 Å². The number of rotatable bonds is 4. The number of anilines is 2. The van der Waals surface area contributed by atoms with Crippen molar-refractivity contribution in [2.75, 3.05) is 5.32 Å². The smallest absolute Gasteiger partial charge is 0.207 e. The maximum atomic E-state index is 12.9. The highest BCUT2D eigenvalue weighted by atomic mass is 79.9. The summed E-state index contributed by atoms with van der Waals surface area (Å²) in [6, 6.07) is 4.46. The third kappa shape index (κ3) is 2.74. The molecule has 1 aromatic carbocycles. The highest BCUT2D eigenvalue weighted by Crippen LogP contribution is 2.25. The predicted molar refractivity (Wildman–Crippen MR) is 69.8 cm³/mol. The van der Waals surface area contributed by atoms with Crippen molar-refractivity contribution in [3.05, 3.63) is 53.5 Å². The van der Waals surface area contributed by atoms with Crippen LogP contribution in [0.15, 0.2) is 47.7 Å². The van der Waals surface area contributed by atoms with E-state index in [2.05, 4.69) is 32.8 Å². The van der Waals surface area contributed by atoms with Crippen LogP contribution in [-0.4, -0.2) is 9.55 Å². The van der Waals surface area contributed by atoms with Crippen molar-refractivity contribution in [1.82, 2.24) is 9.55 Å². The third-order valence-electron chi connectivity index (χ3n) is 2.22. The van der Waals surface area contributed by atoms with Crippen molar-refractivity contribution in [3.63, 3.8) is 0 Å². The predicted octanol–water partition coefficient (Wildman–Crippen LogP) is 3.71. The van der Waals surface area contributed by atoms with Gasteiger partial charge in [0, 0.05) is 23.4 Å². The Bertz CT molecular complexity index is 536. The molecule has 0 saturated heterocycles. The highest BCUT2D eigenvalue weighted by Gasteiger charge is 2.05. The molecule has 88 valence electrons. The number of nitrogens with zero attached hydrogens (tertiary/aromatic N) is 2. The van der Waals surface area contributed by atoms with Crippen LogP contribution in [0, 0.1) is 5.82 Å². The molecule has 0 fully saturated rings. The summed E-state index contributed by atoms with van der Waals surface area (Å²) in [5.41, 5.74) is 0.767. The van der Waals surface area contributed by atoms with Gasteiger partial charge in [-0.05, 0) is 34.1 Å². The number of hydrogen-bond acceptors (Lipinski definition) is 2. The molecule has 0 aliphatic rings. The van der Waals surface area contributed by atoms with Gasteiger partial charge in [0.15, 0.2) is 0 Å². The number of halogens is 2. The summed E-state index contributed by atoms with van der Waals surface area (Å²) in [7, 11) is 0. The Kier molecular flexibility index (Phi) is 3.58. The number of allylic oxidation sites excluding steroid dienone is 1. The van der Waals surface area contributed by atoms with E-state index in [-0.39, 0.29) is 5.82 Å². The maximum absolute atomic E-state index is 12.9. The van der Waals surface area contributed by atoms with Gasteiger partial charge < -0.3 is 9.88 Å². The van der Waals surface area contributed by atoms with Gasteiger partial charge in [-0.15, -0.1) is 6.58 Å². The first-order valence-electron chi connectivity index (χ1n) is 5.05. The second-order valence-corrected chi connectivity index (χ2v) is 4.30. The molecule has 0 amide bonds. The summed E-state index contributed by atoms with van der Waals surface area (Å²) in [6.45, 7) is 4.35. The van der Waals surface area contributed by atoms with Crippen LogP contribution in [-0.2, 0) is 6.54 Å². The zero-order chi connectivity index (χ0) is 12.3. The lowest BCUT2D eigenvalue weighted by atomic mass is 10.3. The Morgan fingerprint density at radius 1 is 1.53 bits per heavy atom. The molecule has 0 aliphatic heterocycles. The third-order valence-corrected chi connectivity index (χ3v) is 2.87. The lowest BCUT2D eigenvalue weighted by Crippen LogP contribution is -2.02. The average molecular weight is 296 g/mol. The molecule has 5 heteroatoms. The summed E-state index contributed by atoms with van der Waals surface area (Å²) in [5, 5.41) is 3.12. The van der Waals surface area contributed by atoms with Gasteiger partial charge in [-0.25, -0.2) is 9.37 Å². The molecular weight excluding hydrogens is 285 g/mol. The minimum atomic E-state index is -0.281. The summed E-state index contributed by atoms with van der Waals surface area (Å²) in [5.74, 6) is 0.411. The van der Waals surface area contributed by atoms with Crippen LogP contribution >= 0.6 is 15.9 Å². The van der Waals surface area contributed by atoms with Gasteiger partial charge in [-0.1, -0.05) is 6.08 Å². The van der Waals surface area contributed by atoms with Crippen molar-refractivity contribution in [2.24, 2.45) is 0 Å². The molecule has 0 spiro atoms. The van der Waals surface area contributed by atoms with Gasteiger partial charge in [-0.3, -0.25) is 0 Å². The first-order valence-corrected chi connectivity index (χ1v) is 5.84. The second-order valence-electron chi connectivity index (χ2n) is 3.44. The molecule has 2 aromatic rings. The number of aromatic nitrogens is 2. The van der Waals surface area contributed by atoms with E-state index in [1.807, 2.05) is 10.8 Å². The van der Waals surface area contributed by atoms with Gasteiger partial charge >= 0.3 is 0 Å². The standard InChI is InChI=1S/C12H11BrFN3/c1-2-6-17-7-5-15-12(17)16-11-4-3-9(14)8-10(11)13/h2-5,7-8H,1,6H2,(H,15,16). The van der Waals surface area contributed by atoms with E-state index in [0.717, 1.165) is 5.69 Å². The van der Waals surface area contributed by atoms with Gasteiger partial charge in [0.1, 0.15) is 5.82 Å². The van der Waals surface area contributed by atoms with Gasteiger partial charge in [0.2, 0.25) is 5.95 Å². The summed E-state index contributed by atoms with van der Waals surface area (Å²) in [4.78, 5) is 4.18. The van der Waals surface area contributed by atoms with Crippen molar-refractivity contribution < 1.29 is 4.39 Å². The quantitative estimate of drug-likeness (QED) is 0.872. The zero-order valence-corrected chi connectivity index (χ0v) is 10.6. The molecule has 1 heterocycles. The fraction of sp³-hybridized carbons (Fsp3) is 0.0833. The molecule has 0 bridgehead atoms. The van der Waals surface area contributed by atoms with E-state index in [4.69, 9.17) is 0 Å². The molecule has 3 nitrogen and oxygen atoms in total. The maximum Gasteiger partial charge on any atom is 0.207 e. The first-order chi connectivity index (χ1) is 8.20. The van der Waals surface area contributed by atoms with Crippen LogP contribution in [0.1, 0.15) is 0 Å². The summed E-state index contributed by atoms with van der Waals surface area (Å²) < 4.78 is 15.5. The van der Waals surface area contributed by atoms with Gasteiger partial charge in [-0.2, -0.15) is 0 Å². The zero-order valence-electron chi connectivity index (χ0n) is 9.03. The normalized spacial score (nSPS) is 10.2. The fourth-order valence-electron chi connectivity index (χ4n) is 1.43. The molecule has 0 atom stereocenters. The molecule has 0 radical (unpaired) electrons. The van der Waals surface area contributed by atoms with Crippen LogP contribution in [0.4, 0.5) is 16.0 Å². The van der Waals surface area contributed by atoms with E-state index in [9.17, 15) is 4.39 Å². The topological polar surface area (TPSA) is 29.9 Å². The number of hydrogen-bond donors (Lipinski definition) is 1. The van der Waals surface area contributed by atoms with Crippen LogP contribution in [0.25, 0.3) is 0 Å². The molecule has 0 unspecified atom stereocenters. The number of nitrogens with one attached hydrogen (secondary N) is 1. The molecule has 0 saturated carbocycles. The summed E-state index contributed by atoms with van der Waals surface area (Å²) in [6.07, 6.45) is 5.33. The van der Waals surface area contributed by atoms with E-state index < -0.39 is 0 Å². The van der Waals surface area contributed by atoms with E-state index in [0.29, 0.717) is 17.0 Å². The minimum absolute atomic E-state index is 0.281. The molecule has 0 aliphatic carbocycles. The summed E-state index contributed by atoms with van der Waals surface area (Å²) >= 11 is 3.30. The Hall–Kier alpha value is -1.62. The second kappa shape index (κ2) is 5.14. The molecule has 2 rings (SSSR count). The van der Waals surface area contributed by atoms with Crippen LogP contribution in [0.2, 0.25) is 0 Å². The SMILES string of the molecule is C=CCn1ccnc1Nc1ccc(F)cc1Br. The highest BCUT2D eigenvalue weighted by molar-refractivity contribution is 9.10. The Labute approximate surface area is 107 Å². The lowest BCUT2D eigenvalue weighted by Gasteiger charge is -2.09. The van der Waals surface area contributed by atoms with Crippen molar-refractivity contribution in [3.8, 4) is 0 Å². The van der Waals surface area contributed by atoms with Crippen LogP contribution in [0.5, 0.6) is 0 Å². The first kappa shape index (κ1) is 11.9. The molecule has 1 N–H and O–H groups in total. The van der Waals surface area contributed by atoms with Gasteiger partial charge in [0.25, 0.3) is 0 Å². The Morgan fingerprint density at radius 3 is 3.06 bits per heavy atom. The lowest BCUT2D eigenvalue weighted by molar-refractivity contribution is 0.627. The Balaban J connectivity index is 2.25. The molecular formula is C12H11BrFN3. The average Bonchev–Trinajstić information content (AvgIpc) is 2.71. The van der Waals surface area contributed by atoms with Crippen molar-refractivity contribution in [1.29, 1.82) is 0 Å². The van der Waals surface area contributed by atoms with Crippen LogP contribution in [0.3, 0.4) is 0 Å².